The van der Waals surface area contributed by atoms with Crippen molar-refractivity contribution >= 4 is 5.97 Å². The van der Waals surface area contributed by atoms with Gasteiger partial charge in [0.2, 0.25) is 5.95 Å². The van der Waals surface area contributed by atoms with E-state index in [1.54, 1.807) is 43.8 Å². The van der Waals surface area contributed by atoms with Gasteiger partial charge in [0.05, 0.1) is 11.9 Å². The number of carbonyl (C=O) groups is 1. The third-order valence-electron chi connectivity index (χ3n) is 3.53. The lowest BCUT2D eigenvalue weighted by atomic mass is 9.98. The Balaban J connectivity index is 2.08. The highest BCUT2D eigenvalue weighted by Crippen LogP contribution is 2.25. The molecule has 0 bridgehead atoms. The summed E-state index contributed by atoms with van der Waals surface area (Å²) in [4.78, 5) is 19.2. The van der Waals surface area contributed by atoms with Gasteiger partial charge < -0.3 is 9.67 Å². The van der Waals surface area contributed by atoms with Gasteiger partial charge in [0.15, 0.2) is 0 Å². The zero-order valence-electron chi connectivity index (χ0n) is 12.4. The molecular formula is C17H14FN3O2. The summed E-state index contributed by atoms with van der Waals surface area (Å²) >= 11 is 0. The van der Waals surface area contributed by atoms with E-state index < -0.39 is 11.9 Å². The molecule has 2 aromatic heterocycles. The van der Waals surface area contributed by atoms with Crippen LogP contribution in [0.5, 0.6) is 0 Å². The molecule has 0 aliphatic rings. The normalized spacial score (nSPS) is 10.7. The lowest BCUT2D eigenvalue weighted by molar-refractivity contribution is 0.0697. The Morgan fingerprint density at radius 1 is 1.30 bits per heavy atom. The van der Waals surface area contributed by atoms with Crippen LogP contribution >= 0.6 is 0 Å². The van der Waals surface area contributed by atoms with Gasteiger partial charge in [-0.15, -0.1) is 0 Å². The molecule has 1 N–H and O–H groups in total. The van der Waals surface area contributed by atoms with E-state index in [-0.39, 0.29) is 5.56 Å². The van der Waals surface area contributed by atoms with Gasteiger partial charge in [-0.1, -0.05) is 0 Å². The van der Waals surface area contributed by atoms with Crippen LogP contribution < -0.4 is 0 Å². The van der Waals surface area contributed by atoms with Gasteiger partial charge in [-0.05, 0) is 48.4 Å². The van der Waals surface area contributed by atoms with Crippen molar-refractivity contribution in [1.82, 2.24) is 14.5 Å². The molecule has 0 aliphatic carbocycles. The SMILES string of the molecule is Cc1nc(F)ccc1-c1cc(Cn2ccnc2)cc(C(=O)O)c1. The van der Waals surface area contributed by atoms with Crippen LogP contribution in [0, 0.1) is 12.9 Å². The molecule has 0 fully saturated rings. The highest BCUT2D eigenvalue weighted by atomic mass is 19.1. The Morgan fingerprint density at radius 2 is 2.13 bits per heavy atom. The fourth-order valence-electron chi connectivity index (χ4n) is 2.49. The van der Waals surface area contributed by atoms with Gasteiger partial charge in [0.1, 0.15) is 0 Å². The van der Waals surface area contributed by atoms with Crippen molar-refractivity contribution in [2.45, 2.75) is 13.5 Å². The minimum atomic E-state index is -1.01. The molecule has 3 aromatic rings. The first-order chi connectivity index (χ1) is 11.0. The maximum absolute atomic E-state index is 13.2. The molecule has 0 spiro atoms. The number of hydrogen-bond acceptors (Lipinski definition) is 3. The van der Waals surface area contributed by atoms with Gasteiger partial charge >= 0.3 is 5.97 Å². The number of halogens is 1. The Morgan fingerprint density at radius 3 is 2.78 bits per heavy atom. The Hall–Kier alpha value is -3.02. The summed E-state index contributed by atoms with van der Waals surface area (Å²) in [7, 11) is 0. The van der Waals surface area contributed by atoms with Crippen LogP contribution in [0.2, 0.25) is 0 Å². The fourth-order valence-corrected chi connectivity index (χ4v) is 2.49. The lowest BCUT2D eigenvalue weighted by Gasteiger charge is -2.10. The van der Waals surface area contributed by atoms with E-state index in [1.807, 2.05) is 10.6 Å². The third kappa shape index (κ3) is 3.26. The smallest absolute Gasteiger partial charge is 0.335 e. The molecule has 0 unspecified atom stereocenters. The number of nitrogens with zero attached hydrogens (tertiary/aromatic N) is 3. The number of aromatic nitrogens is 3. The molecule has 0 saturated carbocycles. The quantitative estimate of drug-likeness (QED) is 0.752. The maximum atomic E-state index is 13.2. The number of carboxylic acids is 1. The van der Waals surface area contributed by atoms with E-state index in [9.17, 15) is 14.3 Å². The molecule has 5 nitrogen and oxygen atoms in total. The van der Waals surface area contributed by atoms with E-state index in [0.29, 0.717) is 23.4 Å². The highest BCUT2D eigenvalue weighted by Gasteiger charge is 2.11. The molecule has 2 heterocycles. The molecule has 3 rings (SSSR count). The second-order valence-electron chi connectivity index (χ2n) is 5.23. The van der Waals surface area contributed by atoms with E-state index in [2.05, 4.69) is 9.97 Å². The van der Waals surface area contributed by atoms with Crippen LogP contribution in [0.1, 0.15) is 21.6 Å². The number of pyridine rings is 1. The summed E-state index contributed by atoms with van der Waals surface area (Å²) in [5.74, 6) is -1.56. The molecule has 23 heavy (non-hydrogen) atoms. The monoisotopic (exact) mass is 311 g/mol. The minimum Gasteiger partial charge on any atom is -0.478 e. The largest absolute Gasteiger partial charge is 0.478 e. The van der Waals surface area contributed by atoms with Gasteiger partial charge in [-0.2, -0.15) is 4.39 Å². The Labute approximate surface area is 132 Å². The molecule has 1 aromatic carbocycles. The maximum Gasteiger partial charge on any atom is 0.335 e. The summed E-state index contributed by atoms with van der Waals surface area (Å²) in [6, 6.07) is 7.96. The summed E-state index contributed by atoms with van der Waals surface area (Å²) in [5, 5.41) is 9.33. The second-order valence-corrected chi connectivity index (χ2v) is 5.23. The minimum absolute atomic E-state index is 0.182. The fraction of sp³-hybridized carbons (Fsp3) is 0.118. The second kappa shape index (κ2) is 6.00. The van der Waals surface area contributed by atoms with E-state index >= 15 is 0 Å². The topological polar surface area (TPSA) is 68.0 Å². The molecule has 0 amide bonds. The standard InChI is InChI=1S/C17H14FN3O2/c1-11-15(2-3-16(18)20-11)13-6-12(7-14(8-13)17(22)23)9-21-5-4-19-10-21/h2-8,10H,9H2,1H3,(H,22,23). The highest BCUT2D eigenvalue weighted by molar-refractivity contribution is 5.90. The molecule has 0 atom stereocenters. The predicted octanol–water partition coefficient (Wildman–Crippen LogP) is 3.14. The average molecular weight is 311 g/mol. The molecule has 116 valence electrons. The Kier molecular flexibility index (Phi) is 3.89. The number of aromatic carboxylic acids is 1. The van der Waals surface area contributed by atoms with E-state index in [4.69, 9.17) is 0 Å². The summed E-state index contributed by atoms with van der Waals surface area (Å²) in [5.41, 5.74) is 2.93. The van der Waals surface area contributed by atoms with Crippen LogP contribution in [0.25, 0.3) is 11.1 Å². The van der Waals surface area contributed by atoms with Crippen LogP contribution in [-0.4, -0.2) is 25.6 Å². The van der Waals surface area contributed by atoms with Crippen LogP contribution in [0.15, 0.2) is 49.1 Å². The van der Waals surface area contributed by atoms with Gasteiger partial charge in [-0.25, -0.2) is 14.8 Å². The van der Waals surface area contributed by atoms with Crippen molar-refractivity contribution in [3.8, 4) is 11.1 Å². The van der Waals surface area contributed by atoms with Crippen molar-refractivity contribution < 1.29 is 14.3 Å². The third-order valence-corrected chi connectivity index (χ3v) is 3.53. The van der Waals surface area contributed by atoms with Crippen LogP contribution in [0.3, 0.4) is 0 Å². The van der Waals surface area contributed by atoms with Gasteiger partial charge in [0, 0.05) is 30.2 Å². The van der Waals surface area contributed by atoms with E-state index in [1.165, 1.54) is 6.07 Å². The first kappa shape index (κ1) is 14.9. The number of aryl methyl sites for hydroxylation is 1. The molecular weight excluding hydrogens is 297 g/mol. The molecule has 0 radical (unpaired) electrons. The first-order valence-corrected chi connectivity index (χ1v) is 6.99. The predicted molar refractivity (Wildman–Crippen MR) is 82.7 cm³/mol. The number of hydrogen-bond donors (Lipinski definition) is 1. The lowest BCUT2D eigenvalue weighted by Crippen LogP contribution is -2.03. The molecule has 0 saturated heterocycles. The van der Waals surface area contributed by atoms with Crippen molar-refractivity contribution in [3.05, 3.63) is 71.8 Å². The van der Waals surface area contributed by atoms with Crippen LogP contribution in [0.4, 0.5) is 4.39 Å². The van der Waals surface area contributed by atoms with Crippen molar-refractivity contribution in [3.63, 3.8) is 0 Å². The summed E-state index contributed by atoms with van der Waals surface area (Å²) in [6.45, 7) is 2.20. The van der Waals surface area contributed by atoms with E-state index in [0.717, 1.165) is 5.56 Å². The summed E-state index contributed by atoms with van der Waals surface area (Å²) < 4.78 is 15.0. The first-order valence-electron chi connectivity index (χ1n) is 6.99. The van der Waals surface area contributed by atoms with Crippen molar-refractivity contribution in [2.75, 3.05) is 0 Å². The number of rotatable bonds is 4. The molecule has 6 heteroatoms. The number of benzene rings is 1. The van der Waals surface area contributed by atoms with Crippen molar-refractivity contribution in [2.24, 2.45) is 0 Å². The average Bonchev–Trinajstić information content (AvgIpc) is 2.99. The molecule has 0 aliphatic heterocycles. The van der Waals surface area contributed by atoms with Crippen LogP contribution in [-0.2, 0) is 6.54 Å². The number of imidazole rings is 1. The number of carboxylic acid groups (broad SMARTS) is 1. The van der Waals surface area contributed by atoms with Crippen molar-refractivity contribution in [1.29, 1.82) is 0 Å². The zero-order chi connectivity index (χ0) is 16.4. The van der Waals surface area contributed by atoms with Gasteiger partial charge in [-0.3, -0.25) is 0 Å². The summed E-state index contributed by atoms with van der Waals surface area (Å²) in [6.07, 6.45) is 5.13. The zero-order valence-corrected chi connectivity index (χ0v) is 12.4. The Bertz CT molecular complexity index is 860. The van der Waals surface area contributed by atoms with Gasteiger partial charge in [0.25, 0.3) is 0 Å².